The Kier molecular flexibility index (Phi) is 5.32. The maximum absolute atomic E-state index is 12.1. The van der Waals surface area contributed by atoms with Crippen molar-refractivity contribution in [2.24, 2.45) is 0 Å². The van der Waals surface area contributed by atoms with E-state index in [-0.39, 0.29) is 6.09 Å². The third kappa shape index (κ3) is 5.36. The predicted octanol–water partition coefficient (Wildman–Crippen LogP) is 3.62. The Labute approximate surface area is 134 Å². The second-order valence-electron chi connectivity index (χ2n) is 5.99. The first-order chi connectivity index (χ1) is 9.83. The van der Waals surface area contributed by atoms with Crippen molar-refractivity contribution >= 4 is 29.5 Å². The highest BCUT2D eigenvalue weighted by Gasteiger charge is 2.28. The average Bonchev–Trinajstić information content (AvgIpc) is 2.37. The van der Waals surface area contributed by atoms with Gasteiger partial charge in [0.05, 0.1) is 0 Å². The molecule has 0 N–H and O–H groups in total. The molecule has 1 aliphatic heterocycles. The third-order valence-corrected chi connectivity index (χ3v) is 4.32. The Balaban J connectivity index is 1.93. The van der Waals surface area contributed by atoms with Crippen molar-refractivity contribution < 1.29 is 9.53 Å². The van der Waals surface area contributed by atoms with Gasteiger partial charge in [-0.15, -0.1) is 11.8 Å². The molecule has 0 aliphatic carbocycles. The van der Waals surface area contributed by atoms with Gasteiger partial charge in [-0.3, -0.25) is 0 Å². The highest BCUT2D eigenvalue weighted by atomic mass is 35.5. The lowest BCUT2D eigenvalue weighted by molar-refractivity contribution is 0.0220. The first-order valence-corrected chi connectivity index (χ1v) is 8.21. The Morgan fingerprint density at radius 3 is 2.90 bits per heavy atom. The van der Waals surface area contributed by atoms with Gasteiger partial charge < -0.3 is 9.64 Å². The molecule has 0 bridgehead atoms. The van der Waals surface area contributed by atoms with Crippen LogP contribution in [-0.2, 0) is 4.74 Å². The minimum Gasteiger partial charge on any atom is -0.444 e. The summed E-state index contributed by atoms with van der Waals surface area (Å²) in [6, 6.07) is 1.75. The quantitative estimate of drug-likeness (QED) is 0.776. The highest BCUT2D eigenvalue weighted by Crippen LogP contribution is 2.29. The number of rotatable bonds is 2. The number of hydrogen-bond acceptors (Lipinski definition) is 5. The van der Waals surface area contributed by atoms with E-state index >= 15 is 0 Å². The molecule has 1 saturated heterocycles. The van der Waals surface area contributed by atoms with Crippen LogP contribution in [0.3, 0.4) is 0 Å². The zero-order valence-corrected chi connectivity index (χ0v) is 14.1. The summed E-state index contributed by atoms with van der Waals surface area (Å²) < 4.78 is 5.43. The molecule has 1 atom stereocenters. The van der Waals surface area contributed by atoms with Gasteiger partial charge in [0, 0.05) is 24.4 Å². The maximum atomic E-state index is 12.1. The van der Waals surface area contributed by atoms with Gasteiger partial charge in [0.2, 0.25) is 0 Å². The van der Waals surface area contributed by atoms with Crippen LogP contribution in [0.4, 0.5) is 4.79 Å². The highest BCUT2D eigenvalue weighted by molar-refractivity contribution is 7.99. The topological polar surface area (TPSA) is 55.3 Å². The number of ether oxygens (including phenoxy) is 1. The van der Waals surface area contributed by atoms with E-state index in [0.717, 1.165) is 24.4 Å². The lowest BCUT2D eigenvalue weighted by Gasteiger charge is -2.33. The molecule has 0 aromatic carbocycles. The fourth-order valence-electron chi connectivity index (χ4n) is 2.08. The minimum atomic E-state index is -0.461. The summed E-state index contributed by atoms with van der Waals surface area (Å²) in [6.45, 7) is 7.05. The summed E-state index contributed by atoms with van der Waals surface area (Å²) >= 11 is 7.50. The number of piperidine rings is 1. The molecule has 7 heteroatoms. The molecule has 116 valence electrons. The molecule has 1 aliphatic rings. The summed E-state index contributed by atoms with van der Waals surface area (Å²) in [7, 11) is 0. The Morgan fingerprint density at radius 2 is 2.24 bits per heavy atom. The van der Waals surface area contributed by atoms with Crippen LogP contribution in [-0.4, -0.2) is 44.9 Å². The monoisotopic (exact) mass is 329 g/mol. The summed E-state index contributed by atoms with van der Waals surface area (Å²) in [5, 5.41) is 1.58. The summed E-state index contributed by atoms with van der Waals surface area (Å²) in [5.41, 5.74) is -0.461. The van der Waals surface area contributed by atoms with E-state index in [1.54, 1.807) is 22.7 Å². The molecule has 2 heterocycles. The minimum absolute atomic E-state index is 0.242. The van der Waals surface area contributed by atoms with Gasteiger partial charge in [-0.1, -0.05) is 11.6 Å². The van der Waals surface area contributed by atoms with E-state index in [0.29, 0.717) is 16.9 Å². The Morgan fingerprint density at radius 1 is 1.48 bits per heavy atom. The van der Waals surface area contributed by atoms with Gasteiger partial charge in [-0.2, -0.15) is 0 Å². The number of aromatic nitrogens is 2. The van der Waals surface area contributed by atoms with E-state index in [1.807, 2.05) is 20.8 Å². The van der Waals surface area contributed by atoms with E-state index in [1.165, 1.54) is 6.33 Å². The largest absolute Gasteiger partial charge is 0.444 e. The second-order valence-corrected chi connectivity index (χ2v) is 7.70. The van der Waals surface area contributed by atoms with Crippen molar-refractivity contribution in [3.8, 4) is 0 Å². The molecule has 1 amide bonds. The number of halogens is 1. The molecule has 0 radical (unpaired) electrons. The zero-order valence-electron chi connectivity index (χ0n) is 12.5. The molecule has 0 unspecified atom stereocenters. The van der Waals surface area contributed by atoms with Gasteiger partial charge in [0.1, 0.15) is 22.1 Å². The average molecular weight is 330 g/mol. The standard InChI is InChI=1S/C14H20ClN3O2S/c1-14(2,3)20-13(19)18-6-4-5-10(8-18)21-12-7-11(15)16-9-17-12/h7,9-10H,4-6,8H2,1-3H3/t10-/m1/s1. The van der Waals surface area contributed by atoms with Crippen molar-refractivity contribution in [3.63, 3.8) is 0 Å². The SMILES string of the molecule is CC(C)(C)OC(=O)N1CCC[C@@H](Sc2cc(Cl)ncn2)C1. The Bertz CT molecular complexity index is 507. The molecule has 1 aromatic heterocycles. The first-order valence-electron chi connectivity index (χ1n) is 6.95. The van der Waals surface area contributed by atoms with Crippen LogP contribution in [0.25, 0.3) is 0 Å². The van der Waals surface area contributed by atoms with Gasteiger partial charge in [0.25, 0.3) is 0 Å². The fraction of sp³-hybridized carbons (Fsp3) is 0.643. The van der Waals surface area contributed by atoms with Crippen molar-refractivity contribution in [2.45, 2.75) is 49.5 Å². The number of nitrogens with zero attached hydrogens (tertiary/aromatic N) is 3. The molecular formula is C14H20ClN3O2S. The number of likely N-dealkylation sites (tertiary alicyclic amines) is 1. The molecule has 5 nitrogen and oxygen atoms in total. The summed E-state index contributed by atoms with van der Waals surface area (Å²) in [6.07, 6.45) is 3.23. The third-order valence-electron chi connectivity index (χ3n) is 2.93. The number of thioether (sulfide) groups is 1. The van der Waals surface area contributed by atoms with Crippen LogP contribution in [0.1, 0.15) is 33.6 Å². The number of amides is 1. The summed E-state index contributed by atoms with van der Waals surface area (Å²) in [5.74, 6) is 0. The number of carbonyl (C=O) groups is 1. The van der Waals surface area contributed by atoms with Gasteiger partial charge in [-0.25, -0.2) is 14.8 Å². The lowest BCUT2D eigenvalue weighted by atomic mass is 10.1. The second kappa shape index (κ2) is 6.83. The van der Waals surface area contributed by atoms with Crippen LogP contribution in [0, 0.1) is 0 Å². The van der Waals surface area contributed by atoms with E-state index in [9.17, 15) is 4.79 Å². The molecule has 2 rings (SSSR count). The predicted molar refractivity (Wildman–Crippen MR) is 83.7 cm³/mol. The Hall–Kier alpha value is -1.01. The lowest BCUT2D eigenvalue weighted by Crippen LogP contribution is -2.43. The maximum Gasteiger partial charge on any atom is 0.410 e. The van der Waals surface area contributed by atoms with Crippen LogP contribution in [0.5, 0.6) is 0 Å². The number of hydrogen-bond donors (Lipinski definition) is 0. The van der Waals surface area contributed by atoms with Gasteiger partial charge >= 0.3 is 6.09 Å². The summed E-state index contributed by atoms with van der Waals surface area (Å²) in [4.78, 5) is 22.0. The normalized spacial score (nSPS) is 19.4. The molecule has 1 fully saturated rings. The molecule has 21 heavy (non-hydrogen) atoms. The van der Waals surface area contributed by atoms with Gasteiger partial charge in [-0.05, 0) is 33.6 Å². The van der Waals surface area contributed by atoms with Crippen LogP contribution in [0.2, 0.25) is 5.15 Å². The van der Waals surface area contributed by atoms with Crippen molar-refractivity contribution in [1.29, 1.82) is 0 Å². The smallest absolute Gasteiger partial charge is 0.410 e. The van der Waals surface area contributed by atoms with E-state index < -0.39 is 5.60 Å². The van der Waals surface area contributed by atoms with Gasteiger partial charge in [0.15, 0.2) is 0 Å². The van der Waals surface area contributed by atoms with Crippen LogP contribution >= 0.6 is 23.4 Å². The molecular weight excluding hydrogens is 310 g/mol. The van der Waals surface area contributed by atoms with Crippen molar-refractivity contribution in [1.82, 2.24) is 14.9 Å². The van der Waals surface area contributed by atoms with Crippen LogP contribution in [0.15, 0.2) is 17.4 Å². The zero-order chi connectivity index (χ0) is 15.5. The van der Waals surface area contributed by atoms with E-state index in [2.05, 4.69) is 9.97 Å². The molecule has 0 saturated carbocycles. The first kappa shape index (κ1) is 16.4. The van der Waals surface area contributed by atoms with Crippen LogP contribution < -0.4 is 0 Å². The number of carbonyl (C=O) groups excluding carboxylic acids is 1. The molecule has 1 aromatic rings. The molecule has 0 spiro atoms. The fourth-order valence-corrected chi connectivity index (χ4v) is 3.46. The van der Waals surface area contributed by atoms with Crippen molar-refractivity contribution in [2.75, 3.05) is 13.1 Å². The van der Waals surface area contributed by atoms with Crippen molar-refractivity contribution in [3.05, 3.63) is 17.5 Å². The van der Waals surface area contributed by atoms with E-state index in [4.69, 9.17) is 16.3 Å².